The Morgan fingerprint density at radius 2 is 1.48 bits per heavy atom. The maximum absolute atomic E-state index is 13.8. The number of carbonyl (C=O) groups excluding carboxylic acids is 1. The predicted octanol–water partition coefficient (Wildman–Crippen LogP) is 11.7. The predicted molar refractivity (Wildman–Crippen MR) is 211 cm³/mol. The van der Waals surface area contributed by atoms with E-state index in [1.54, 1.807) is 18.2 Å². The number of nitrogens with one attached hydrogen (secondary N) is 2. The molecule has 268 valence electrons. The lowest BCUT2D eigenvalue weighted by molar-refractivity contribution is -0.137. The Labute approximate surface area is 312 Å². The average molecular weight is 715 g/mol. The van der Waals surface area contributed by atoms with E-state index in [1.807, 2.05) is 60.7 Å². The molecule has 1 amide bonds. The van der Waals surface area contributed by atoms with Crippen LogP contribution in [0.1, 0.15) is 104 Å². The van der Waals surface area contributed by atoms with Gasteiger partial charge in [-0.25, -0.2) is 0 Å². The molecule has 0 aliphatic heterocycles. The zero-order valence-electron chi connectivity index (χ0n) is 30.1. The largest absolute Gasteiger partial charge is 0.481 e. The SMILES string of the molecule is CC(C)(C)c1ccc(Oc2cccc(CNc3ccc(Cl)cc3C(=O)NC(CC(=O)O)c3ccc(-c4ccc(C5CCCCC5)cc4)cc3)c2)cc1. The molecule has 0 aromatic heterocycles. The lowest BCUT2D eigenvalue weighted by Crippen LogP contribution is -2.30. The summed E-state index contributed by atoms with van der Waals surface area (Å²) < 4.78 is 6.14. The van der Waals surface area contributed by atoms with Crippen LogP contribution < -0.4 is 15.4 Å². The van der Waals surface area contributed by atoms with Gasteiger partial charge >= 0.3 is 5.97 Å². The Morgan fingerprint density at radius 1 is 0.808 bits per heavy atom. The van der Waals surface area contributed by atoms with E-state index in [-0.39, 0.29) is 11.8 Å². The van der Waals surface area contributed by atoms with Crippen molar-refractivity contribution in [1.29, 1.82) is 0 Å². The van der Waals surface area contributed by atoms with Crippen LogP contribution in [0.15, 0.2) is 115 Å². The molecule has 0 radical (unpaired) electrons. The maximum Gasteiger partial charge on any atom is 0.305 e. The zero-order chi connectivity index (χ0) is 36.7. The molecule has 0 heterocycles. The number of carboxylic acids is 1. The van der Waals surface area contributed by atoms with Crippen LogP contribution in [0.25, 0.3) is 11.1 Å². The molecule has 52 heavy (non-hydrogen) atoms. The second kappa shape index (κ2) is 16.5. The van der Waals surface area contributed by atoms with Gasteiger partial charge < -0.3 is 20.5 Å². The summed E-state index contributed by atoms with van der Waals surface area (Å²) in [6.45, 7) is 6.96. The number of halogens is 1. The lowest BCUT2D eigenvalue weighted by atomic mass is 9.83. The van der Waals surface area contributed by atoms with E-state index in [9.17, 15) is 14.7 Å². The van der Waals surface area contributed by atoms with Crippen LogP contribution in [-0.4, -0.2) is 17.0 Å². The van der Waals surface area contributed by atoms with Crippen LogP contribution in [0.4, 0.5) is 5.69 Å². The van der Waals surface area contributed by atoms with Gasteiger partial charge in [-0.15, -0.1) is 0 Å². The molecule has 6 nitrogen and oxygen atoms in total. The first kappa shape index (κ1) is 36.7. The molecule has 1 aliphatic rings. The van der Waals surface area contributed by atoms with Gasteiger partial charge in [0.1, 0.15) is 11.5 Å². The highest BCUT2D eigenvalue weighted by Crippen LogP contribution is 2.34. The third-order valence-corrected chi connectivity index (χ3v) is 10.1. The van der Waals surface area contributed by atoms with E-state index >= 15 is 0 Å². The van der Waals surface area contributed by atoms with Gasteiger partial charge in [0.2, 0.25) is 0 Å². The van der Waals surface area contributed by atoms with Gasteiger partial charge in [-0.3, -0.25) is 9.59 Å². The molecule has 0 saturated heterocycles. The molecule has 3 N–H and O–H groups in total. The fourth-order valence-electron chi connectivity index (χ4n) is 6.89. The summed E-state index contributed by atoms with van der Waals surface area (Å²) in [5, 5.41) is 16.5. The second-order valence-corrected chi connectivity index (χ2v) is 15.2. The Morgan fingerprint density at radius 3 is 2.13 bits per heavy atom. The van der Waals surface area contributed by atoms with Crippen molar-refractivity contribution >= 4 is 29.2 Å². The third-order valence-electron chi connectivity index (χ3n) is 9.88. The number of aliphatic carboxylic acids is 1. The van der Waals surface area contributed by atoms with Crippen molar-refractivity contribution in [2.45, 2.75) is 83.2 Å². The smallest absolute Gasteiger partial charge is 0.305 e. The first-order valence-corrected chi connectivity index (χ1v) is 18.5. The van der Waals surface area contributed by atoms with Crippen LogP contribution >= 0.6 is 11.6 Å². The number of hydrogen-bond donors (Lipinski definition) is 3. The number of ether oxygens (including phenoxy) is 1. The van der Waals surface area contributed by atoms with Crippen LogP contribution in [0, 0.1) is 0 Å². The van der Waals surface area contributed by atoms with E-state index < -0.39 is 17.9 Å². The highest BCUT2D eigenvalue weighted by atomic mass is 35.5. The van der Waals surface area contributed by atoms with Crippen LogP contribution in [0.2, 0.25) is 5.02 Å². The molecular formula is C45H47ClN2O4. The number of anilines is 1. The highest BCUT2D eigenvalue weighted by Gasteiger charge is 2.22. The highest BCUT2D eigenvalue weighted by molar-refractivity contribution is 6.31. The number of hydrogen-bond acceptors (Lipinski definition) is 4. The molecule has 1 fully saturated rings. The Balaban J connectivity index is 1.13. The Bertz CT molecular complexity index is 1980. The van der Waals surface area contributed by atoms with Gasteiger partial charge in [0.15, 0.2) is 0 Å². The summed E-state index contributed by atoms with van der Waals surface area (Å²) >= 11 is 6.36. The topological polar surface area (TPSA) is 87.7 Å². The molecule has 1 unspecified atom stereocenters. The quantitative estimate of drug-likeness (QED) is 0.120. The van der Waals surface area contributed by atoms with Crippen molar-refractivity contribution in [1.82, 2.24) is 5.32 Å². The molecule has 5 aromatic rings. The summed E-state index contributed by atoms with van der Waals surface area (Å²) in [6, 6.07) is 36.8. The molecule has 0 spiro atoms. The minimum Gasteiger partial charge on any atom is -0.481 e. The van der Waals surface area contributed by atoms with Gasteiger partial charge in [-0.05, 0) is 100 Å². The van der Waals surface area contributed by atoms with E-state index in [4.69, 9.17) is 16.3 Å². The van der Waals surface area contributed by atoms with Gasteiger partial charge in [0, 0.05) is 17.3 Å². The van der Waals surface area contributed by atoms with Crippen molar-refractivity contribution in [2.75, 3.05) is 5.32 Å². The number of amides is 1. The maximum atomic E-state index is 13.8. The number of rotatable bonds is 12. The molecule has 0 bridgehead atoms. The van der Waals surface area contributed by atoms with Crippen molar-refractivity contribution < 1.29 is 19.4 Å². The van der Waals surface area contributed by atoms with Crippen molar-refractivity contribution in [3.05, 3.63) is 148 Å². The first-order chi connectivity index (χ1) is 25.0. The molecule has 1 saturated carbocycles. The lowest BCUT2D eigenvalue weighted by Gasteiger charge is -2.22. The number of carboxylic acid groups (broad SMARTS) is 1. The fourth-order valence-corrected chi connectivity index (χ4v) is 7.06. The summed E-state index contributed by atoms with van der Waals surface area (Å²) in [4.78, 5) is 25.7. The minimum atomic E-state index is -1.01. The molecule has 5 aromatic carbocycles. The van der Waals surface area contributed by atoms with Gasteiger partial charge in [-0.2, -0.15) is 0 Å². The van der Waals surface area contributed by atoms with E-state index in [1.165, 1.54) is 43.2 Å². The van der Waals surface area contributed by atoms with Gasteiger partial charge in [-0.1, -0.05) is 124 Å². The second-order valence-electron chi connectivity index (χ2n) is 14.8. The van der Waals surface area contributed by atoms with Crippen molar-refractivity contribution in [3.63, 3.8) is 0 Å². The standard InChI is InChI=1S/C45H47ClN2O4/c1-45(2,3)36-20-23-38(24-21-36)52-39-11-7-8-30(26-39)29-47-41-25-22-37(46)27-40(41)44(51)48-42(28-43(49)50)35-18-16-34(17-19-35)33-14-12-32(13-15-33)31-9-5-4-6-10-31/h7-8,11-27,31,42,47H,4-6,9-10,28-29H2,1-3H3,(H,48,51)(H,49,50). The van der Waals surface area contributed by atoms with Crippen molar-refractivity contribution in [3.8, 4) is 22.6 Å². The average Bonchev–Trinajstić information content (AvgIpc) is 3.14. The molecule has 1 atom stereocenters. The molecule has 1 aliphatic carbocycles. The summed E-state index contributed by atoms with van der Waals surface area (Å²) in [7, 11) is 0. The summed E-state index contributed by atoms with van der Waals surface area (Å²) in [5.74, 6) is 0.674. The fraction of sp³-hybridized carbons (Fsp3) is 0.289. The van der Waals surface area contributed by atoms with Crippen LogP contribution in [0.3, 0.4) is 0 Å². The molecule has 7 heteroatoms. The monoisotopic (exact) mass is 714 g/mol. The first-order valence-electron chi connectivity index (χ1n) is 18.2. The summed E-state index contributed by atoms with van der Waals surface area (Å²) in [5.41, 5.74) is 7.40. The van der Waals surface area contributed by atoms with E-state index in [2.05, 4.69) is 67.8 Å². The van der Waals surface area contributed by atoms with E-state index in [0.717, 1.165) is 22.4 Å². The Hall–Kier alpha value is -5.07. The Kier molecular flexibility index (Phi) is 11.7. The third kappa shape index (κ3) is 9.62. The normalized spacial score (nSPS) is 14.0. The van der Waals surface area contributed by atoms with Crippen LogP contribution in [-0.2, 0) is 16.8 Å². The van der Waals surface area contributed by atoms with Crippen molar-refractivity contribution in [2.24, 2.45) is 0 Å². The van der Waals surface area contributed by atoms with E-state index in [0.29, 0.717) is 40.0 Å². The van der Waals surface area contributed by atoms with Gasteiger partial charge in [0.05, 0.1) is 18.0 Å². The summed E-state index contributed by atoms with van der Waals surface area (Å²) in [6.07, 6.45) is 6.19. The van der Waals surface area contributed by atoms with Gasteiger partial charge in [0.25, 0.3) is 5.91 Å². The molecular weight excluding hydrogens is 668 g/mol. The zero-order valence-corrected chi connectivity index (χ0v) is 30.9. The number of benzene rings is 5. The minimum absolute atomic E-state index is 0.0610. The number of carbonyl (C=O) groups is 2. The van der Waals surface area contributed by atoms with Crippen LogP contribution in [0.5, 0.6) is 11.5 Å². The molecule has 6 rings (SSSR count).